The maximum Gasteiger partial charge on any atom is 0.416 e. The van der Waals surface area contributed by atoms with Crippen molar-refractivity contribution < 1.29 is 18.0 Å². The van der Waals surface area contributed by atoms with Gasteiger partial charge in [-0.25, -0.2) is 4.98 Å². The minimum atomic E-state index is -4.45. The molecule has 0 fully saturated rings. The zero-order valence-electron chi connectivity index (χ0n) is 18.0. The summed E-state index contributed by atoms with van der Waals surface area (Å²) >= 11 is 0. The molecule has 1 aliphatic carbocycles. The Hall–Kier alpha value is -3.42. The van der Waals surface area contributed by atoms with Crippen LogP contribution in [-0.2, 0) is 12.6 Å². The van der Waals surface area contributed by atoms with E-state index in [-0.39, 0.29) is 23.3 Å². The van der Waals surface area contributed by atoms with E-state index < -0.39 is 11.7 Å². The fraction of sp³-hybridized carbons (Fsp3) is 0.292. The molecule has 166 valence electrons. The number of hydrogen-bond donors (Lipinski definition) is 2. The normalized spacial score (nSPS) is 15.9. The maximum absolute atomic E-state index is 13.1. The van der Waals surface area contributed by atoms with Crippen LogP contribution in [0.3, 0.4) is 0 Å². The predicted octanol–water partition coefficient (Wildman–Crippen LogP) is 6.36. The number of hydrogen-bond acceptors (Lipinski definition) is 5. The van der Waals surface area contributed by atoms with Crippen LogP contribution in [0.4, 0.5) is 36.3 Å². The van der Waals surface area contributed by atoms with Gasteiger partial charge in [-0.2, -0.15) is 18.2 Å². The summed E-state index contributed by atoms with van der Waals surface area (Å²) in [5.41, 5.74) is 3.30. The van der Waals surface area contributed by atoms with Crippen LogP contribution in [0.25, 0.3) is 0 Å². The van der Waals surface area contributed by atoms with E-state index in [1.807, 2.05) is 39.0 Å². The molecule has 4 rings (SSSR count). The molecule has 0 aliphatic heterocycles. The molecule has 0 spiro atoms. The topological polar surface area (TPSA) is 66.9 Å². The molecule has 0 saturated carbocycles. The van der Waals surface area contributed by atoms with E-state index in [0.29, 0.717) is 29.9 Å². The van der Waals surface area contributed by atoms with E-state index in [1.165, 1.54) is 12.1 Å². The lowest BCUT2D eigenvalue weighted by Gasteiger charge is -2.23. The number of aryl methyl sites for hydroxylation is 2. The molecule has 3 aromatic rings. The van der Waals surface area contributed by atoms with E-state index in [2.05, 4.69) is 20.6 Å². The van der Waals surface area contributed by atoms with Crippen LogP contribution in [0.2, 0.25) is 0 Å². The van der Waals surface area contributed by atoms with Crippen LogP contribution in [0.5, 0.6) is 0 Å². The van der Waals surface area contributed by atoms with Crippen molar-refractivity contribution in [3.63, 3.8) is 0 Å². The fourth-order valence-corrected chi connectivity index (χ4v) is 3.95. The summed E-state index contributed by atoms with van der Waals surface area (Å²) < 4.78 is 39.3. The van der Waals surface area contributed by atoms with Crippen molar-refractivity contribution in [2.24, 2.45) is 5.92 Å². The molecule has 2 N–H and O–H groups in total. The number of carbonyl (C=O) groups excluding carboxylic acids is 1. The predicted molar refractivity (Wildman–Crippen MR) is 118 cm³/mol. The third-order valence-corrected chi connectivity index (χ3v) is 5.51. The summed E-state index contributed by atoms with van der Waals surface area (Å²) in [7, 11) is 0. The summed E-state index contributed by atoms with van der Waals surface area (Å²) in [4.78, 5) is 21.8. The van der Waals surface area contributed by atoms with Crippen LogP contribution >= 0.6 is 0 Å². The Kier molecular flexibility index (Phi) is 5.62. The van der Waals surface area contributed by atoms with Gasteiger partial charge in [-0.15, -0.1) is 0 Å². The molecule has 32 heavy (non-hydrogen) atoms. The number of benzene rings is 2. The average molecular weight is 440 g/mol. The van der Waals surface area contributed by atoms with Gasteiger partial charge in [0.25, 0.3) is 0 Å². The second-order valence-electron chi connectivity index (χ2n) is 8.25. The highest BCUT2D eigenvalue weighted by molar-refractivity contribution is 6.03. The third-order valence-electron chi connectivity index (χ3n) is 5.51. The number of para-hydroxylation sites is 1. The maximum atomic E-state index is 13.1. The second-order valence-corrected chi connectivity index (χ2v) is 8.25. The highest BCUT2D eigenvalue weighted by Crippen LogP contribution is 2.34. The van der Waals surface area contributed by atoms with Crippen LogP contribution in [0.15, 0.2) is 42.5 Å². The smallest absolute Gasteiger partial charge is 0.339 e. The molecular weight excluding hydrogens is 417 g/mol. The third kappa shape index (κ3) is 4.44. The van der Waals surface area contributed by atoms with Gasteiger partial charge in [0.1, 0.15) is 5.82 Å². The van der Waals surface area contributed by atoms with Crippen LogP contribution in [0, 0.1) is 19.8 Å². The summed E-state index contributed by atoms with van der Waals surface area (Å²) in [6.07, 6.45) is -3.47. The minimum Gasteiger partial charge on any atom is -0.339 e. The molecule has 1 aromatic heterocycles. The van der Waals surface area contributed by atoms with Gasteiger partial charge in [0, 0.05) is 17.8 Å². The molecular formula is C24H23F3N4O. The average Bonchev–Trinajstić information content (AvgIpc) is 2.69. The highest BCUT2D eigenvalue weighted by atomic mass is 19.4. The zero-order valence-corrected chi connectivity index (χ0v) is 18.0. The molecule has 0 bridgehead atoms. The van der Waals surface area contributed by atoms with Crippen molar-refractivity contribution in [2.75, 3.05) is 10.6 Å². The number of rotatable bonds is 4. The Morgan fingerprint density at radius 3 is 2.34 bits per heavy atom. The molecule has 0 saturated heterocycles. The van der Waals surface area contributed by atoms with Gasteiger partial charge >= 0.3 is 6.18 Å². The Bertz CT molecular complexity index is 1170. The number of alkyl halides is 3. The first-order valence-corrected chi connectivity index (χ1v) is 10.3. The van der Waals surface area contributed by atoms with E-state index in [4.69, 9.17) is 0 Å². The summed E-state index contributed by atoms with van der Waals surface area (Å²) in [6.45, 7) is 5.88. The van der Waals surface area contributed by atoms with Gasteiger partial charge in [-0.05, 0) is 55.5 Å². The number of nitrogens with one attached hydrogen (secondary N) is 2. The van der Waals surface area contributed by atoms with Crippen LogP contribution < -0.4 is 10.6 Å². The number of fused-ring (bicyclic) bond motifs is 1. The Labute approximate surface area is 184 Å². The Morgan fingerprint density at radius 2 is 1.66 bits per heavy atom. The number of anilines is 4. The van der Waals surface area contributed by atoms with Crippen molar-refractivity contribution in [1.29, 1.82) is 0 Å². The molecule has 8 heteroatoms. The number of carbonyl (C=O) groups is 1. The van der Waals surface area contributed by atoms with Gasteiger partial charge in [-0.3, -0.25) is 4.79 Å². The van der Waals surface area contributed by atoms with Gasteiger partial charge in [-0.1, -0.05) is 31.2 Å². The largest absolute Gasteiger partial charge is 0.416 e. The van der Waals surface area contributed by atoms with Crippen molar-refractivity contribution >= 4 is 28.9 Å². The molecule has 1 unspecified atom stereocenters. The van der Waals surface area contributed by atoms with E-state index in [9.17, 15) is 18.0 Å². The lowest BCUT2D eigenvalue weighted by Crippen LogP contribution is -2.22. The number of ketones is 1. The first-order valence-electron chi connectivity index (χ1n) is 10.3. The molecule has 2 aromatic carbocycles. The van der Waals surface area contributed by atoms with E-state index >= 15 is 0 Å². The number of halogens is 3. The van der Waals surface area contributed by atoms with Gasteiger partial charge in [0.2, 0.25) is 5.95 Å². The van der Waals surface area contributed by atoms with E-state index in [0.717, 1.165) is 28.9 Å². The quantitative estimate of drug-likeness (QED) is 0.494. The lowest BCUT2D eigenvalue weighted by atomic mass is 9.87. The molecule has 0 amide bonds. The first kappa shape index (κ1) is 21.8. The SMILES string of the molecule is Cc1cccc(C)c1Nc1nc(Nc2cccc(C(F)(F)F)c2)nc2c1C(=O)CC(C)C2. The lowest BCUT2D eigenvalue weighted by molar-refractivity contribution is -0.137. The second kappa shape index (κ2) is 8.26. The van der Waals surface area contributed by atoms with Crippen LogP contribution in [0.1, 0.15) is 46.1 Å². The Balaban J connectivity index is 1.77. The minimum absolute atomic E-state index is 0.0434. The summed E-state index contributed by atoms with van der Waals surface area (Å²) in [5.74, 6) is 0.579. The Morgan fingerprint density at radius 1 is 0.969 bits per heavy atom. The number of nitrogens with zero attached hydrogens (tertiary/aromatic N) is 2. The molecule has 0 radical (unpaired) electrons. The van der Waals surface area contributed by atoms with Crippen molar-refractivity contribution in [3.05, 3.63) is 70.4 Å². The first-order chi connectivity index (χ1) is 15.1. The number of Topliss-reactive ketones (excluding diaryl/α,β-unsaturated/α-hetero) is 1. The van der Waals surface area contributed by atoms with Crippen molar-refractivity contribution in [1.82, 2.24) is 9.97 Å². The zero-order chi connectivity index (χ0) is 23.0. The molecule has 5 nitrogen and oxygen atoms in total. The molecule has 1 atom stereocenters. The summed E-state index contributed by atoms with van der Waals surface area (Å²) in [6, 6.07) is 10.7. The van der Waals surface area contributed by atoms with Gasteiger partial charge in [0.05, 0.1) is 16.8 Å². The van der Waals surface area contributed by atoms with Gasteiger partial charge in [0.15, 0.2) is 5.78 Å². The van der Waals surface area contributed by atoms with Gasteiger partial charge < -0.3 is 10.6 Å². The van der Waals surface area contributed by atoms with E-state index in [1.54, 1.807) is 0 Å². The van der Waals surface area contributed by atoms with Crippen molar-refractivity contribution in [3.8, 4) is 0 Å². The highest BCUT2D eigenvalue weighted by Gasteiger charge is 2.31. The molecule has 1 heterocycles. The fourth-order valence-electron chi connectivity index (χ4n) is 3.95. The monoisotopic (exact) mass is 440 g/mol. The van der Waals surface area contributed by atoms with Crippen molar-refractivity contribution in [2.45, 2.75) is 39.8 Å². The standard InChI is InChI=1S/C24H23F3N4O/c1-13-10-18-20(19(32)11-13)22(30-21-14(2)6-4-7-15(21)3)31-23(29-18)28-17-9-5-8-16(12-17)24(25,26)27/h4-9,12-13H,10-11H2,1-3H3,(H2,28,29,30,31). The molecule has 1 aliphatic rings. The summed E-state index contributed by atoms with van der Waals surface area (Å²) in [5, 5.41) is 6.16. The number of aromatic nitrogens is 2. The van der Waals surface area contributed by atoms with Crippen LogP contribution in [-0.4, -0.2) is 15.8 Å².